The molecule has 0 saturated heterocycles. The molecule has 0 saturated carbocycles. The average molecular weight is 284 g/mol. The second kappa shape index (κ2) is 6.44. The van der Waals surface area contributed by atoms with E-state index in [-0.39, 0.29) is 0 Å². The maximum Gasteiger partial charge on any atom is -0.0171 e. The summed E-state index contributed by atoms with van der Waals surface area (Å²) in [4.78, 5) is 0. The second-order valence-electron chi connectivity index (χ2n) is 5.13. The van der Waals surface area contributed by atoms with Crippen LogP contribution in [0.25, 0.3) is 32.7 Å². The van der Waals surface area contributed by atoms with Crippen molar-refractivity contribution in [3.05, 3.63) is 84.9 Å². The number of fused-ring (bicyclic) bond motifs is 2. The van der Waals surface area contributed by atoms with Crippen LogP contribution in [0.15, 0.2) is 84.9 Å². The fourth-order valence-electron chi connectivity index (χ4n) is 2.75. The van der Waals surface area contributed by atoms with Crippen LogP contribution in [0.1, 0.15) is 13.8 Å². The minimum atomic E-state index is 1.27. The van der Waals surface area contributed by atoms with Crippen LogP contribution in [0.3, 0.4) is 0 Å². The molecule has 4 aromatic rings. The molecule has 0 aliphatic rings. The Bertz CT molecular complexity index is 889. The smallest absolute Gasteiger partial charge is 0.0171 e. The topological polar surface area (TPSA) is 0 Å². The summed E-state index contributed by atoms with van der Waals surface area (Å²) in [5.41, 5.74) is 2.54. The first-order valence-corrected chi connectivity index (χ1v) is 7.88. The van der Waals surface area contributed by atoms with Crippen LogP contribution in [0, 0.1) is 0 Å². The van der Waals surface area contributed by atoms with Crippen LogP contribution in [0.2, 0.25) is 0 Å². The number of hydrogen-bond donors (Lipinski definition) is 0. The third kappa shape index (κ3) is 2.73. The molecule has 0 N–H and O–H groups in total. The van der Waals surface area contributed by atoms with Crippen molar-refractivity contribution in [2.75, 3.05) is 0 Å². The molecule has 4 rings (SSSR count). The van der Waals surface area contributed by atoms with Gasteiger partial charge in [-0.25, -0.2) is 0 Å². The van der Waals surface area contributed by atoms with E-state index >= 15 is 0 Å². The molecule has 0 amide bonds. The first kappa shape index (κ1) is 14.3. The van der Waals surface area contributed by atoms with E-state index in [1.54, 1.807) is 0 Å². The number of benzene rings is 4. The lowest BCUT2D eigenvalue weighted by Crippen LogP contribution is -1.80. The van der Waals surface area contributed by atoms with Gasteiger partial charge in [-0.2, -0.15) is 0 Å². The Hall–Kier alpha value is -2.60. The van der Waals surface area contributed by atoms with Gasteiger partial charge >= 0.3 is 0 Å². The van der Waals surface area contributed by atoms with Gasteiger partial charge in [-0.15, -0.1) is 0 Å². The molecule has 0 spiro atoms. The van der Waals surface area contributed by atoms with E-state index in [4.69, 9.17) is 0 Å². The Kier molecular flexibility index (Phi) is 4.20. The van der Waals surface area contributed by atoms with E-state index < -0.39 is 0 Å². The largest absolute Gasteiger partial charge is 0.0683 e. The lowest BCUT2D eigenvalue weighted by atomic mass is 9.99. The molecule has 0 aliphatic heterocycles. The Morgan fingerprint density at radius 2 is 0.955 bits per heavy atom. The Balaban J connectivity index is 0.000000693. The van der Waals surface area contributed by atoms with Gasteiger partial charge in [0, 0.05) is 0 Å². The van der Waals surface area contributed by atoms with E-state index in [2.05, 4.69) is 84.9 Å². The third-order valence-electron chi connectivity index (χ3n) is 3.81. The lowest BCUT2D eigenvalue weighted by Gasteiger charge is -2.06. The SMILES string of the molecule is CC.c1ccc(-c2ccc3cc4ccccc4cc3c2)cc1. The predicted octanol–water partition coefficient (Wildman–Crippen LogP) is 6.69. The zero-order valence-electron chi connectivity index (χ0n) is 13.1. The fraction of sp³-hybridized carbons (Fsp3) is 0.0909. The molecular weight excluding hydrogens is 264 g/mol. The van der Waals surface area contributed by atoms with Gasteiger partial charge in [0.05, 0.1) is 0 Å². The predicted molar refractivity (Wildman–Crippen MR) is 98.2 cm³/mol. The number of rotatable bonds is 1. The summed E-state index contributed by atoms with van der Waals surface area (Å²) in [6, 6.07) is 30.3. The van der Waals surface area contributed by atoms with Gasteiger partial charge < -0.3 is 0 Å². The van der Waals surface area contributed by atoms with E-state index in [1.807, 2.05) is 13.8 Å². The molecule has 0 atom stereocenters. The standard InChI is InChI=1S/C20H14.C2H6/c1-2-6-15(7-3-1)18-10-11-19-12-16-8-4-5-9-17(16)13-20(19)14-18;1-2/h1-14H;1-2H3. The molecule has 0 aromatic heterocycles. The van der Waals surface area contributed by atoms with Crippen molar-refractivity contribution in [2.45, 2.75) is 13.8 Å². The highest BCUT2D eigenvalue weighted by molar-refractivity contribution is 5.99. The van der Waals surface area contributed by atoms with Crippen molar-refractivity contribution in [1.29, 1.82) is 0 Å². The Morgan fingerprint density at radius 1 is 0.409 bits per heavy atom. The average Bonchev–Trinajstić information content (AvgIpc) is 2.62. The van der Waals surface area contributed by atoms with Crippen LogP contribution in [-0.2, 0) is 0 Å². The lowest BCUT2D eigenvalue weighted by molar-refractivity contribution is 1.50. The highest BCUT2D eigenvalue weighted by atomic mass is 14.1. The van der Waals surface area contributed by atoms with Gasteiger partial charge in [-0.1, -0.05) is 80.6 Å². The normalized spacial score (nSPS) is 10.3. The minimum Gasteiger partial charge on any atom is -0.0683 e. The van der Waals surface area contributed by atoms with Gasteiger partial charge in [-0.3, -0.25) is 0 Å². The molecule has 22 heavy (non-hydrogen) atoms. The van der Waals surface area contributed by atoms with Gasteiger partial charge in [0.1, 0.15) is 0 Å². The molecule has 0 unspecified atom stereocenters. The first-order valence-electron chi connectivity index (χ1n) is 7.88. The van der Waals surface area contributed by atoms with Gasteiger partial charge in [0.2, 0.25) is 0 Å². The molecular formula is C22H20. The molecule has 0 aliphatic carbocycles. The molecule has 108 valence electrons. The van der Waals surface area contributed by atoms with E-state index in [0.29, 0.717) is 0 Å². The Morgan fingerprint density at radius 3 is 1.64 bits per heavy atom. The second-order valence-corrected chi connectivity index (χ2v) is 5.13. The van der Waals surface area contributed by atoms with Crippen molar-refractivity contribution in [1.82, 2.24) is 0 Å². The molecule has 0 fully saturated rings. The van der Waals surface area contributed by atoms with Crippen LogP contribution in [0.4, 0.5) is 0 Å². The van der Waals surface area contributed by atoms with E-state index in [1.165, 1.54) is 32.7 Å². The van der Waals surface area contributed by atoms with E-state index in [0.717, 1.165) is 0 Å². The van der Waals surface area contributed by atoms with Crippen molar-refractivity contribution in [3.8, 4) is 11.1 Å². The molecule has 0 heteroatoms. The molecule has 0 heterocycles. The maximum absolute atomic E-state index is 2.27. The molecule has 0 nitrogen and oxygen atoms in total. The molecule has 0 bridgehead atoms. The summed E-state index contributed by atoms with van der Waals surface area (Å²) in [7, 11) is 0. The summed E-state index contributed by atoms with van der Waals surface area (Å²) in [5.74, 6) is 0. The van der Waals surface area contributed by atoms with Crippen molar-refractivity contribution >= 4 is 21.5 Å². The molecule has 0 radical (unpaired) electrons. The summed E-state index contributed by atoms with van der Waals surface area (Å²) in [5, 5.41) is 5.19. The van der Waals surface area contributed by atoms with Crippen LogP contribution < -0.4 is 0 Å². The summed E-state index contributed by atoms with van der Waals surface area (Å²) in [6.07, 6.45) is 0. The Labute approximate surface area is 132 Å². The van der Waals surface area contributed by atoms with Crippen LogP contribution in [-0.4, -0.2) is 0 Å². The monoisotopic (exact) mass is 284 g/mol. The maximum atomic E-state index is 2.27. The highest BCUT2D eigenvalue weighted by Crippen LogP contribution is 2.27. The van der Waals surface area contributed by atoms with Crippen molar-refractivity contribution < 1.29 is 0 Å². The first-order chi connectivity index (χ1) is 10.9. The van der Waals surface area contributed by atoms with E-state index in [9.17, 15) is 0 Å². The number of hydrogen-bond acceptors (Lipinski definition) is 0. The zero-order chi connectivity index (χ0) is 15.4. The zero-order valence-corrected chi connectivity index (χ0v) is 13.1. The van der Waals surface area contributed by atoms with Crippen LogP contribution >= 0.6 is 0 Å². The van der Waals surface area contributed by atoms with Crippen molar-refractivity contribution in [3.63, 3.8) is 0 Å². The van der Waals surface area contributed by atoms with Gasteiger partial charge in [0.25, 0.3) is 0 Å². The minimum absolute atomic E-state index is 1.27. The summed E-state index contributed by atoms with van der Waals surface area (Å²) >= 11 is 0. The van der Waals surface area contributed by atoms with Gasteiger partial charge in [-0.05, 0) is 50.9 Å². The summed E-state index contributed by atoms with van der Waals surface area (Å²) in [6.45, 7) is 4.00. The highest BCUT2D eigenvalue weighted by Gasteiger charge is 2.01. The summed E-state index contributed by atoms with van der Waals surface area (Å²) < 4.78 is 0. The van der Waals surface area contributed by atoms with Crippen molar-refractivity contribution in [2.24, 2.45) is 0 Å². The quantitative estimate of drug-likeness (QED) is 0.342. The van der Waals surface area contributed by atoms with Gasteiger partial charge in [0.15, 0.2) is 0 Å². The molecule has 4 aromatic carbocycles. The van der Waals surface area contributed by atoms with Crippen LogP contribution in [0.5, 0.6) is 0 Å². The third-order valence-corrected chi connectivity index (χ3v) is 3.81. The fourth-order valence-corrected chi connectivity index (χ4v) is 2.75.